The highest BCUT2D eigenvalue weighted by Gasteiger charge is 2.03. The van der Waals surface area contributed by atoms with Crippen molar-refractivity contribution in [2.75, 3.05) is 33.3 Å². The van der Waals surface area contributed by atoms with E-state index in [1.807, 2.05) is 25.2 Å². The van der Waals surface area contributed by atoms with Gasteiger partial charge in [0, 0.05) is 26.1 Å². The summed E-state index contributed by atoms with van der Waals surface area (Å²) in [4.78, 5) is 0. The third kappa shape index (κ3) is 5.58. The summed E-state index contributed by atoms with van der Waals surface area (Å²) < 4.78 is 5.91. The van der Waals surface area contributed by atoms with E-state index in [0.717, 1.165) is 31.8 Å². The number of para-hydroxylation sites is 1. The molecule has 21 heavy (non-hydrogen) atoms. The lowest BCUT2D eigenvalue weighted by Crippen LogP contribution is -2.28. The number of benzene rings is 2. The number of nitrogens with one attached hydrogen (secondary N) is 2. The second-order valence-corrected chi connectivity index (χ2v) is 4.97. The first-order valence-corrected chi connectivity index (χ1v) is 7.50. The quantitative estimate of drug-likeness (QED) is 0.694. The molecule has 3 heteroatoms. The first-order chi connectivity index (χ1) is 10.4. The van der Waals surface area contributed by atoms with Gasteiger partial charge in [0.15, 0.2) is 0 Å². The van der Waals surface area contributed by atoms with Gasteiger partial charge in [0.1, 0.15) is 12.4 Å². The minimum absolute atomic E-state index is 0.690. The maximum absolute atomic E-state index is 5.91. The van der Waals surface area contributed by atoms with Crippen molar-refractivity contribution < 1.29 is 4.74 Å². The Morgan fingerprint density at radius 2 is 1.62 bits per heavy atom. The number of hydrogen-bond acceptors (Lipinski definition) is 3. The van der Waals surface area contributed by atoms with Gasteiger partial charge in [-0.15, -0.1) is 0 Å². The largest absolute Gasteiger partial charge is 0.492 e. The van der Waals surface area contributed by atoms with Gasteiger partial charge in [0.05, 0.1) is 0 Å². The Balaban J connectivity index is 1.85. The van der Waals surface area contributed by atoms with Gasteiger partial charge in [-0.05, 0) is 24.2 Å². The van der Waals surface area contributed by atoms with E-state index >= 15 is 0 Å². The third-order valence-corrected chi connectivity index (χ3v) is 3.30. The van der Waals surface area contributed by atoms with Crippen LogP contribution in [0.4, 0.5) is 0 Å². The van der Waals surface area contributed by atoms with E-state index < -0.39 is 0 Å². The molecule has 112 valence electrons. The van der Waals surface area contributed by atoms with Gasteiger partial charge in [-0.3, -0.25) is 0 Å². The lowest BCUT2D eigenvalue weighted by Gasteiger charge is -2.12. The standard InChI is InChI=1S/C18H24N2O/c1-19-11-12-20-13-14-21-18-10-6-5-9-17(18)15-16-7-3-2-4-8-16/h2-10,19-20H,11-15H2,1H3. The van der Waals surface area contributed by atoms with Crippen molar-refractivity contribution in [3.05, 3.63) is 65.7 Å². The minimum atomic E-state index is 0.690. The van der Waals surface area contributed by atoms with Gasteiger partial charge < -0.3 is 15.4 Å². The molecule has 0 aliphatic heterocycles. The Morgan fingerprint density at radius 1 is 0.857 bits per heavy atom. The molecular weight excluding hydrogens is 260 g/mol. The fourth-order valence-corrected chi connectivity index (χ4v) is 2.18. The SMILES string of the molecule is CNCCNCCOc1ccccc1Cc1ccccc1. The van der Waals surface area contributed by atoms with Crippen molar-refractivity contribution in [3.63, 3.8) is 0 Å². The van der Waals surface area contributed by atoms with Crippen molar-refractivity contribution in [1.29, 1.82) is 0 Å². The fraction of sp³-hybridized carbons (Fsp3) is 0.333. The number of likely N-dealkylation sites (N-methyl/N-ethyl adjacent to an activating group) is 1. The summed E-state index contributed by atoms with van der Waals surface area (Å²) in [5.74, 6) is 0.983. The molecule has 0 aromatic heterocycles. The molecule has 2 rings (SSSR count). The van der Waals surface area contributed by atoms with Gasteiger partial charge in [-0.1, -0.05) is 48.5 Å². The second-order valence-electron chi connectivity index (χ2n) is 4.97. The van der Waals surface area contributed by atoms with Crippen LogP contribution in [-0.4, -0.2) is 33.3 Å². The Labute approximate surface area is 127 Å². The molecule has 0 fully saturated rings. The molecule has 0 saturated heterocycles. The molecule has 0 radical (unpaired) electrons. The van der Waals surface area contributed by atoms with Crippen LogP contribution in [0.1, 0.15) is 11.1 Å². The Kier molecular flexibility index (Phi) is 6.78. The van der Waals surface area contributed by atoms with E-state index in [4.69, 9.17) is 4.74 Å². The van der Waals surface area contributed by atoms with Crippen molar-refractivity contribution in [3.8, 4) is 5.75 Å². The monoisotopic (exact) mass is 284 g/mol. The summed E-state index contributed by atoms with van der Waals surface area (Å²) >= 11 is 0. The second kappa shape index (κ2) is 9.16. The Hall–Kier alpha value is -1.84. The van der Waals surface area contributed by atoms with Crippen LogP contribution in [0.2, 0.25) is 0 Å². The molecule has 0 unspecified atom stereocenters. The predicted molar refractivity (Wildman–Crippen MR) is 88.0 cm³/mol. The maximum Gasteiger partial charge on any atom is 0.122 e. The zero-order valence-corrected chi connectivity index (χ0v) is 12.6. The molecular formula is C18H24N2O. The van der Waals surface area contributed by atoms with Gasteiger partial charge in [-0.2, -0.15) is 0 Å². The maximum atomic E-state index is 5.91. The smallest absolute Gasteiger partial charge is 0.122 e. The highest BCUT2D eigenvalue weighted by atomic mass is 16.5. The number of ether oxygens (including phenoxy) is 1. The molecule has 2 N–H and O–H groups in total. The minimum Gasteiger partial charge on any atom is -0.492 e. The van der Waals surface area contributed by atoms with Crippen LogP contribution in [0.15, 0.2) is 54.6 Å². The van der Waals surface area contributed by atoms with Crippen LogP contribution in [0.3, 0.4) is 0 Å². The molecule has 0 atom stereocenters. The number of hydrogen-bond donors (Lipinski definition) is 2. The summed E-state index contributed by atoms with van der Waals surface area (Å²) in [5, 5.41) is 6.45. The molecule has 3 nitrogen and oxygen atoms in total. The van der Waals surface area contributed by atoms with E-state index in [0.29, 0.717) is 6.61 Å². The fourth-order valence-electron chi connectivity index (χ4n) is 2.18. The van der Waals surface area contributed by atoms with Gasteiger partial charge >= 0.3 is 0 Å². The zero-order chi connectivity index (χ0) is 14.8. The Morgan fingerprint density at radius 3 is 2.43 bits per heavy atom. The lowest BCUT2D eigenvalue weighted by atomic mass is 10.0. The third-order valence-electron chi connectivity index (χ3n) is 3.30. The molecule has 0 saturated carbocycles. The van der Waals surface area contributed by atoms with Crippen molar-refractivity contribution >= 4 is 0 Å². The molecule has 0 aliphatic carbocycles. The van der Waals surface area contributed by atoms with Gasteiger partial charge in [0.25, 0.3) is 0 Å². The number of rotatable bonds is 9. The van der Waals surface area contributed by atoms with E-state index in [9.17, 15) is 0 Å². The molecule has 0 heterocycles. The van der Waals surface area contributed by atoms with E-state index in [1.165, 1.54) is 11.1 Å². The summed E-state index contributed by atoms with van der Waals surface area (Å²) in [7, 11) is 1.96. The van der Waals surface area contributed by atoms with E-state index in [-0.39, 0.29) is 0 Å². The summed E-state index contributed by atoms with van der Waals surface area (Å²) in [6.45, 7) is 3.49. The van der Waals surface area contributed by atoms with Crippen LogP contribution in [0.25, 0.3) is 0 Å². The highest BCUT2D eigenvalue weighted by molar-refractivity contribution is 5.37. The zero-order valence-electron chi connectivity index (χ0n) is 12.6. The molecule has 0 aliphatic rings. The predicted octanol–water partition coefficient (Wildman–Crippen LogP) is 2.47. The topological polar surface area (TPSA) is 33.3 Å². The van der Waals surface area contributed by atoms with Crippen molar-refractivity contribution in [2.24, 2.45) is 0 Å². The molecule has 0 spiro atoms. The highest BCUT2D eigenvalue weighted by Crippen LogP contribution is 2.21. The van der Waals surface area contributed by atoms with Gasteiger partial charge in [-0.25, -0.2) is 0 Å². The normalized spacial score (nSPS) is 10.5. The average molecular weight is 284 g/mol. The van der Waals surface area contributed by atoms with Gasteiger partial charge in [0.2, 0.25) is 0 Å². The molecule has 0 amide bonds. The van der Waals surface area contributed by atoms with Crippen molar-refractivity contribution in [2.45, 2.75) is 6.42 Å². The lowest BCUT2D eigenvalue weighted by molar-refractivity contribution is 0.311. The summed E-state index contributed by atoms with van der Waals surface area (Å²) in [5.41, 5.74) is 2.54. The Bertz CT molecular complexity index is 514. The van der Waals surface area contributed by atoms with Crippen LogP contribution >= 0.6 is 0 Å². The summed E-state index contributed by atoms with van der Waals surface area (Å²) in [6, 6.07) is 18.8. The first kappa shape index (κ1) is 15.5. The molecule has 2 aromatic rings. The first-order valence-electron chi connectivity index (χ1n) is 7.50. The summed E-state index contributed by atoms with van der Waals surface area (Å²) in [6.07, 6.45) is 0.907. The van der Waals surface area contributed by atoms with Crippen LogP contribution in [0, 0.1) is 0 Å². The van der Waals surface area contributed by atoms with Crippen LogP contribution in [-0.2, 0) is 6.42 Å². The van der Waals surface area contributed by atoms with E-state index in [2.05, 4.69) is 47.0 Å². The average Bonchev–Trinajstić information content (AvgIpc) is 2.53. The molecule has 0 bridgehead atoms. The molecule has 2 aromatic carbocycles. The van der Waals surface area contributed by atoms with Crippen LogP contribution < -0.4 is 15.4 Å². The van der Waals surface area contributed by atoms with Crippen molar-refractivity contribution in [1.82, 2.24) is 10.6 Å². The van der Waals surface area contributed by atoms with E-state index in [1.54, 1.807) is 0 Å². The van der Waals surface area contributed by atoms with Crippen LogP contribution in [0.5, 0.6) is 5.75 Å².